The molecule has 0 aromatic heterocycles. The number of aliphatic hydroxyl groups excluding tert-OH is 1. The second-order valence-corrected chi connectivity index (χ2v) is 11.2. The van der Waals surface area contributed by atoms with E-state index < -0.39 is 16.5 Å². The lowest BCUT2D eigenvalue weighted by Gasteiger charge is -2.58. The van der Waals surface area contributed by atoms with Gasteiger partial charge in [0.15, 0.2) is 0 Å². The van der Waals surface area contributed by atoms with Crippen LogP contribution in [0.5, 0.6) is 0 Å². The van der Waals surface area contributed by atoms with Crippen molar-refractivity contribution in [1.29, 1.82) is 0 Å². The Labute approximate surface area is 163 Å². The van der Waals surface area contributed by atoms with Crippen molar-refractivity contribution in [3.63, 3.8) is 0 Å². The van der Waals surface area contributed by atoms with Gasteiger partial charge in [0.05, 0.1) is 12.2 Å². The maximum Gasteiger partial charge on any atom is 0.397 e. The van der Waals surface area contributed by atoms with Gasteiger partial charge in [0.1, 0.15) is 0 Å². The summed E-state index contributed by atoms with van der Waals surface area (Å²) in [5.74, 6) is 2.40. The molecule has 3 fully saturated rings. The van der Waals surface area contributed by atoms with E-state index in [0.717, 1.165) is 19.3 Å². The van der Waals surface area contributed by atoms with Crippen molar-refractivity contribution in [2.75, 3.05) is 0 Å². The fourth-order valence-corrected chi connectivity index (χ4v) is 8.22. The summed E-state index contributed by atoms with van der Waals surface area (Å²) in [7, 11) is -4.39. The first-order chi connectivity index (χ1) is 12.5. The van der Waals surface area contributed by atoms with E-state index >= 15 is 0 Å². The normalized spacial score (nSPS) is 48.2. The quantitative estimate of drug-likeness (QED) is 0.551. The molecule has 0 bridgehead atoms. The lowest BCUT2D eigenvalue weighted by molar-refractivity contribution is -0.0666. The van der Waals surface area contributed by atoms with Crippen LogP contribution in [0.2, 0.25) is 0 Å². The van der Waals surface area contributed by atoms with E-state index in [9.17, 15) is 13.5 Å². The monoisotopic (exact) mass is 398 g/mol. The minimum absolute atomic E-state index is 0.117. The van der Waals surface area contributed by atoms with Crippen molar-refractivity contribution in [2.24, 2.45) is 34.5 Å². The van der Waals surface area contributed by atoms with Crippen LogP contribution in [0.4, 0.5) is 0 Å². The van der Waals surface area contributed by atoms with E-state index in [0.29, 0.717) is 36.5 Å². The molecule has 8 atom stereocenters. The van der Waals surface area contributed by atoms with E-state index in [-0.39, 0.29) is 16.9 Å². The summed E-state index contributed by atoms with van der Waals surface area (Å²) in [4.78, 5) is 0. The predicted octanol–water partition coefficient (Wildman–Crippen LogP) is 4.13. The molecule has 4 aliphatic carbocycles. The minimum Gasteiger partial charge on any atom is -0.393 e. The molecule has 5 nitrogen and oxygen atoms in total. The Morgan fingerprint density at radius 1 is 1.15 bits per heavy atom. The smallest absolute Gasteiger partial charge is 0.393 e. The summed E-state index contributed by atoms with van der Waals surface area (Å²) in [5.41, 5.74) is 1.70. The molecule has 0 aliphatic heterocycles. The predicted molar refractivity (Wildman–Crippen MR) is 103 cm³/mol. The molecule has 3 saturated carbocycles. The Hall–Kier alpha value is -0.430. The third-order valence-electron chi connectivity index (χ3n) is 8.97. The van der Waals surface area contributed by atoms with Crippen LogP contribution in [0.25, 0.3) is 0 Å². The van der Waals surface area contributed by atoms with E-state index in [1.807, 2.05) is 6.92 Å². The van der Waals surface area contributed by atoms with Crippen LogP contribution in [0.3, 0.4) is 0 Å². The van der Waals surface area contributed by atoms with Crippen molar-refractivity contribution in [3.8, 4) is 0 Å². The van der Waals surface area contributed by atoms with Crippen LogP contribution in [0.15, 0.2) is 11.6 Å². The highest BCUT2D eigenvalue weighted by Crippen LogP contribution is 2.66. The molecule has 4 aliphatic rings. The van der Waals surface area contributed by atoms with Gasteiger partial charge in [-0.2, -0.15) is 8.42 Å². The summed E-state index contributed by atoms with van der Waals surface area (Å²) in [6.07, 6.45) is 9.69. The minimum atomic E-state index is -4.39. The molecule has 0 aromatic rings. The molecule has 0 amide bonds. The number of hydrogen-bond acceptors (Lipinski definition) is 4. The SMILES string of the molecule is C[C@@H](O)[C@H]1CC[C@H]2[C@@H]3CC=C4C[C@H](OS(=O)(=O)O)CC[C@]4(C)[C@H]3CC[C@]12C. The lowest BCUT2D eigenvalue weighted by atomic mass is 9.47. The first-order valence-corrected chi connectivity index (χ1v) is 11.9. The fourth-order valence-electron chi connectivity index (χ4n) is 7.71. The molecular formula is C21H34O5S. The van der Waals surface area contributed by atoms with E-state index in [1.165, 1.54) is 24.8 Å². The van der Waals surface area contributed by atoms with E-state index in [4.69, 9.17) is 8.74 Å². The molecule has 27 heavy (non-hydrogen) atoms. The van der Waals surface area contributed by atoms with Crippen molar-refractivity contribution in [2.45, 2.75) is 84.3 Å². The maximum absolute atomic E-state index is 11.1. The average molecular weight is 399 g/mol. The number of aliphatic hydroxyl groups is 1. The number of rotatable bonds is 3. The highest BCUT2D eigenvalue weighted by Gasteiger charge is 2.59. The van der Waals surface area contributed by atoms with Gasteiger partial charge in [-0.15, -0.1) is 0 Å². The van der Waals surface area contributed by atoms with Gasteiger partial charge in [0.2, 0.25) is 0 Å². The third kappa shape index (κ3) is 3.21. The topological polar surface area (TPSA) is 83.8 Å². The molecule has 0 heterocycles. The summed E-state index contributed by atoms with van der Waals surface area (Å²) in [6.45, 7) is 6.74. The molecule has 0 aromatic carbocycles. The van der Waals surface area contributed by atoms with Crippen LogP contribution < -0.4 is 0 Å². The van der Waals surface area contributed by atoms with Crippen molar-refractivity contribution in [1.82, 2.24) is 0 Å². The van der Waals surface area contributed by atoms with Gasteiger partial charge in [-0.3, -0.25) is 4.55 Å². The molecule has 6 heteroatoms. The number of allylic oxidation sites excluding steroid dienone is 1. The molecule has 154 valence electrons. The van der Waals surface area contributed by atoms with Gasteiger partial charge in [0.25, 0.3) is 0 Å². The number of fused-ring (bicyclic) bond motifs is 5. The third-order valence-corrected chi connectivity index (χ3v) is 9.49. The van der Waals surface area contributed by atoms with Gasteiger partial charge < -0.3 is 5.11 Å². The van der Waals surface area contributed by atoms with E-state index in [1.54, 1.807) is 0 Å². The largest absolute Gasteiger partial charge is 0.397 e. The summed E-state index contributed by atoms with van der Waals surface area (Å²) >= 11 is 0. The molecule has 0 saturated heterocycles. The zero-order valence-corrected chi connectivity index (χ0v) is 17.5. The van der Waals surface area contributed by atoms with Crippen LogP contribution >= 0.6 is 0 Å². The number of hydrogen-bond donors (Lipinski definition) is 2. The Balaban J connectivity index is 1.57. The first-order valence-electron chi connectivity index (χ1n) is 10.6. The molecule has 0 spiro atoms. The van der Waals surface area contributed by atoms with Gasteiger partial charge in [0, 0.05) is 0 Å². The molecule has 0 radical (unpaired) electrons. The second-order valence-electron chi connectivity index (χ2n) is 10.1. The Bertz CT molecular complexity index is 729. The van der Waals surface area contributed by atoms with Gasteiger partial charge >= 0.3 is 10.4 Å². The van der Waals surface area contributed by atoms with Crippen LogP contribution in [0, 0.1) is 34.5 Å². The van der Waals surface area contributed by atoms with E-state index in [2.05, 4.69) is 19.9 Å². The van der Waals surface area contributed by atoms with Crippen LogP contribution in [0.1, 0.15) is 72.1 Å². The summed E-state index contributed by atoms with van der Waals surface area (Å²) in [5, 5.41) is 10.3. The highest BCUT2D eigenvalue weighted by atomic mass is 32.3. The first kappa shape index (κ1) is 19.9. The van der Waals surface area contributed by atoms with Crippen molar-refractivity contribution >= 4 is 10.4 Å². The average Bonchev–Trinajstić information content (AvgIpc) is 2.91. The zero-order chi connectivity index (χ0) is 19.6. The maximum atomic E-state index is 11.1. The lowest BCUT2D eigenvalue weighted by Crippen LogP contribution is -2.51. The zero-order valence-electron chi connectivity index (χ0n) is 16.7. The molecule has 0 unspecified atom stereocenters. The molecule has 4 rings (SSSR count). The second kappa shape index (κ2) is 6.54. The van der Waals surface area contributed by atoms with Gasteiger partial charge in [-0.05, 0) is 92.8 Å². The standard InChI is InChI=1S/C21H34O5S/c1-13(22)17-6-7-18-16-5-4-14-12-15(26-27(23,24)25)8-10-20(14,2)19(16)9-11-21(17,18)3/h4,13,15-19,22H,5-12H2,1-3H3,(H,23,24,25)/t13-,15-,16+,17-,18+,19+,20+,21-/m1/s1. The Kier molecular flexibility index (Phi) is 4.81. The van der Waals surface area contributed by atoms with Crippen LogP contribution in [-0.4, -0.2) is 30.3 Å². The summed E-state index contributed by atoms with van der Waals surface area (Å²) < 4.78 is 36.1. The fraction of sp³-hybridized carbons (Fsp3) is 0.905. The Morgan fingerprint density at radius 2 is 1.89 bits per heavy atom. The van der Waals surface area contributed by atoms with Gasteiger partial charge in [-0.25, -0.2) is 4.18 Å². The van der Waals surface area contributed by atoms with Crippen molar-refractivity contribution < 1.29 is 22.3 Å². The van der Waals surface area contributed by atoms with Crippen molar-refractivity contribution in [3.05, 3.63) is 11.6 Å². The van der Waals surface area contributed by atoms with Crippen LogP contribution in [-0.2, 0) is 14.6 Å². The van der Waals surface area contributed by atoms with Gasteiger partial charge in [-0.1, -0.05) is 25.5 Å². The molecular weight excluding hydrogens is 364 g/mol. The molecule has 2 N–H and O–H groups in total. The summed E-state index contributed by atoms with van der Waals surface area (Å²) in [6, 6.07) is 0. The Morgan fingerprint density at radius 3 is 2.56 bits per heavy atom. The highest BCUT2D eigenvalue weighted by molar-refractivity contribution is 7.80.